The van der Waals surface area contributed by atoms with Crippen LogP contribution in [-0.4, -0.2) is 28.8 Å². The number of nitrogens with two attached hydrogens (primary N) is 1. The summed E-state index contributed by atoms with van der Waals surface area (Å²) in [4.78, 5) is 10.9. The van der Waals surface area contributed by atoms with Crippen molar-refractivity contribution in [1.29, 1.82) is 0 Å². The Morgan fingerprint density at radius 2 is 2.08 bits per heavy atom. The van der Waals surface area contributed by atoms with Gasteiger partial charge in [-0.3, -0.25) is 4.79 Å². The maximum Gasteiger partial charge on any atom is 0.323 e. The number of ether oxygens (including phenoxy) is 1. The van der Waals surface area contributed by atoms with Crippen molar-refractivity contribution in [3.05, 3.63) is 0 Å². The van der Waals surface area contributed by atoms with Crippen molar-refractivity contribution >= 4 is 5.97 Å². The average molecular weight is 185 g/mol. The normalized spacial score (nSPS) is 37.0. The van der Waals surface area contributed by atoms with Gasteiger partial charge in [0.25, 0.3) is 0 Å². The standard InChI is InChI=1S/C9H15NO3/c10-9(7(11)12)4-5-13-8(6-9)2-1-3-8/h1-6,10H2,(H,11,12). The Hall–Kier alpha value is -0.610. The fourth-order valence-electron chi connectivity index (χ4n) is 2.24. The summed E-state index contributed by atoms with van der Waals surface area (Å²) in [6, 6.07) is 0. The van der Waals surface area contributed by atoms with Gasteiger partial charge in [0, 0.05) is 13.0 Å². The molecule has 1 heterocycles. The van der Waals surface area contributed by atoms with Gasteiger partial charge in [0.2, 0.25) is 0 Å². The minimum absolute atomic E-state index is 0.189. The maximum atomic E-state index is 10.9. The Morgan fingerprint density at radius 3 is 2.54 bits per heavy atom. The van der Waals surface area contributed by atoms with Crippen molar-refractivity contribution in [3.63, 3.8) is 0 Å². The summed E-state index contributed by atoms with van der Waals surface area (Å²) >= 11 is 0. The van der Waals surface area contributed by atoms with E-state index in [9.17, 15) is 4.79 Å². The lowest BCUT2D eigenvalue weighted by atomic mass is 9.69. The molecule has 74 valence electrons. The number of rotatable bonds is 1. The van der Waals surface area contributed by atoms with E-state index in [1.165, 1.54) is 0 Å². The molecule has 2 aliphatic rings. The van der Waals surface area contributed by atoms with Crippen molar-refractivity contribution in [1.82, 2.24) is 0 Å². The van der Waals surface area contributed by atoms with Crippen LogP contribution in [0.5, 0.6) is 0 Å². The number of hydrogen-bond donors (Lipinski definition) is 2. The second kappa shape index (κ2) is 2.69. The smallest absolute Gasteiger partial charge is 0.323 e. The lowest BCUT2D eigenvalue weighted by molar-refractivity contribution is -0.172. The molecule has 0 bridgehead atoms. The highest BCUT2D eigenvalue weighted by Gasteiger charge is 2.50. The second-order valence-electron chi connectivity index (χ2n) is 4.27. The van der Waals surface area contributed by atoms with Crippen molar-refractivity contribution in [2.45, 2.75) is 43.2 Å². The highest BCUT2D eigenvalue weighted by atomic mass is 16.5. The number of carboxylic acids is 1. The van der Waals surface area contributed by atoms with Crippen molar-refractivity contribution in [2.24, 2.45) is 5.73 Å². The molecule has 0 aromatic heterocycles. The molecule has 4 nitrogen and oxygen atoms in total. The lowest BCUT2D eigenvalue weighted by Crippen LogP contribution is -2.60. The molecule has 0 aromatic carbocycles. The predicted molar refractivity (Wildman–Crippen MR) is 46.3 cm³/mol. The van der Waals surface area contributed by atoms with Gasteiger partial charge in [-0.05, 0) is 25.7 Å². The Labute approximate surface area is 77.1 Å². The number of carbonyl (C=O) groups is 1. The van der Waals surface area contributed by atoms with Crippen molar-refractivity contribution in [3.8, 4) is 0 Å². The Bertz CT molecular complexity index is 237. The molecule has 2 fully saturated rings. The van der Waals surface area contributed by atoms with Crippen LogP contribution in [0.15, 0.2) is 0 Å². The summed E-state index contributed by atoms with van der Waals surface area (Å²) in [6.07, 6.45) is 3.99. The maximum absolute atomic E-state index is 10.9. The van der Waals surface area contributed by atoms with Crippen LogP contribution in [0.4, 0.5) is 0 Å². The minimum Gasteiger partial charge on any atom is -0.480 e. The van der Waals surface area contributed by atoms with Crippen LogP contribution in [0, 0.1) is 0 Å². The topological polar surface area (TPSA) is 72.6 Å². The third-order valence-electron chi connectivity index (χ3n) is 3.28. The molecule has 0 amide bonds. The molecule has 0 aromatic rings. The largest absolute Gasteiger partial charge is 0.480 e. The van der Waals surface area contributed by atoms with Gasteiger partial charge >= 0.3 is 5.97 Å². The molecule has 3 N–H and O–H groups in total. The predicted octanol–water partition coefficient (Wildman–Crippen LogP) is 0.502. The van der Waals surface area contributed by atoms with Crippen molar-refractivity contribution in [2.75, 3.05) is 6.61 Å². The fraction of sp³-hybridized carbons (Fsp3) is 0.889. The van der Waals surface area contributed by atoms with Crippen LogP contribution >= 0.6 is 0 Å². The first-order chi connectivity index (χ1) is 6.06. The minimum atomic E-state index is -1.04. The fourth-order valence-corrected chi connectivity index (χ4v) is 2.24. The third-order valence-corrected chi connectivity index (χ3v) is 3.28. The van der Waals surface area contributed by atoms with Gasteiger partial charge in [0.1, 0.15) is 5.54 Å². The molecule has 1 saturated heterocycles. The van der Waals surface area contributed by atoms with Crippen LogP contribution in [0.25, 0.3) is 0 Å². The Morgan fingerprint density at radius 1 is 1.38 bits per heavy atom. The molecule has 1 aliphatic heterocycles. The van der Waals surface area contributed by atoms with E-state index in [0.29, 0.717) is 19.4 Å². The molecule has 1 aliphatic carbocycles. The van der Waals surface area contributed by atoms with E-state index < -0.39 is 11.5 Å². The summed E-state index contributed by atoms with van der Waals surface area (Å²) in [7, 11) is 0. The van der Waals surface area contributed by atoms with Crippen LogP contribution in [0.3, 0.4) is 0 Å². The van der Waals surface area contributed by atoms with E-state index in [2.05, 4.69) is 0 Å². The lowest BCUT2D eigenvalue weighted by Gasteiger charge is -2.49. The zero-order valence-electron chi connectivity index (χ0n) is 7.58. The van der Waals surface area contributed by atoms with E-state index in [1.54, 1.807) is 0 Å². The second-order valence-corrected chi connectivity index (χ2v) is 4.27. The van der Waals surface area contributed by atoms with Crippen molar-refractivity contribution < 1.29 is 14.6 Å². The quantitative estimate of drug-likeness (QED) is 0.624. The summed E-state index contributed by atoms with van der Waals surface area (Å²) in [6.45, 7) is 0.489. The number of hydrogen-bond acceptors (Lipinski definition) is 3. The Kier molecular flexibility index (Phi) is 1.85. The zero-order chi connectivity index (χ0) is 9.53. The van der Waals surface area contributed by atoms with Crippen LogP contribution in [0.2, 0.25) is 0 Å². The first-order valence-corrected chi connectivity index (χ1v) is 4.73. The van der Waals surface area contributed by atoms with Gasteiger partial charge in [-0.1, -0.05) is 0 Å². The van der Waals surface area contributed by atoms with E-state index in [0.717, 1.165) is 19.3 Å². The zero-order valence-corrected chi connectivity index (χ0v) is 7.58. The Balaban J connectivity index is 2.11. The molecular weight excluding hydrogens is 170 g/mol. The molecule has 13 heavy (non-hydrogen) atoms. The highest BCUT2D eigenvalue weighted by Crippen LogP contribution is 2.44. The van der Waals surface area contributed by atoms with Gasteiger partial charge in [0.05, 0.1) is 5.60 Å². The summed E-state index contributed by atoms with van der Waals surface area (Å²) in [5, 5.41) is 8.97. The van der Waals surface area contributed by atoms with E-state index >= 15 is 0 Å². The molecule has 0 radical (unpaired) electrons. The summed E-state index contributed by atoms with van der Waals surface area (Å²) in [5.74, 6) is -0.887. The number of carboxylic acid groups (broad SMARTS) is 1. The molecule has 1 spiro atoms. The first kappa shape index (κ1) is 8.97. The highest BCUT2D eigenvalue weighted by molar-refractivity contribution is 5.78. The van der Waals surface area contributed by atoms with Crippen LogP contribution < -0.4 is 5.73 Å². The van der Waals surface area contributed by atoms with Gasteiger partial charge < -0.3 is 15.6 Å². The van der Waals surface area contributed by atoms with Crippen LogP contribution in [-0.2, 0) is 9.53 Å². The summed E-state index contributed by atoms with van der Waals surface area (Å²) in [5.41, 5.74) is 4.58. The third kappa shape index (κ3) is 1.34. The van der Waals surface area contributed by atoms with E-state index in [4.69, 9.17) is 15.6 Å². The SMILES string of the molecule is NC1(C(=O)O)CCOC2(CCC2)C1. The monoisotopic (exact) mass is 185 g/mol. The van der Waals surface area contributed by atoms with Gasteiger partial charge in [-0.25, -0.2) is 0 Å². The van der Waals surface area contributed by atoms with E-state index in [-0.39, 0.29) is 5.60 Å². The van der Waals surface area contributed by atoms with Gasteiger partial charge in [0.15, 0.2) is 0 Å². The molecule has 4 heteroatoms. The van der Waals surface area contributed by atoms with Gasteiger partial charge in [-0.15, -0.1) is 0 Å². The first-order valence-electron chi connectivity index (χ1n) is 4.73. The number of aliphatic carboxylic acids is 1. The molecule has 2 rings (SSSR count). The summed E-state index contributed by atoms with van der Waals surface area (Å²) < 4.78 is 5.60. The molecular formula is C9H15NO3. The van der Waals surface area contributed by atoms with E-state index in [1.807, 2.05) is 0 Å². The average Bonchev–Trinajstić information content (AvgIpc) is 2.01. The van der Waals surface area contributed by atoms with Gasteiger partial charge in [-0.2, -0.15) is 0 Å². The molecule has 1 atom stereocenters. The van der Waals surface area contributed by atoms with Crippen LogP contribution in [0.1, 0.15) is 32.1 Å². The molecule has 1 unspecified atom stereocenters. The molecule has 1 saturated carbocycles.